The number of aromatic nitrogens is 2. The van der Waals surface area contributed by atoms with Crippen molar-refractivity contribution < 1.29 is 13.2 Å². The van der Waals surface area contributed by atoms with Crippen LogP contribution in [0.15, 0.2) is 28.7 Å². The van der Waals surface area contributed by atoms with Crippen LogP contribution < -0.4 is 14.8 Å². The zero-order valence-electron chi connectivity index (χ0n) is 13.6. The summed E-state index contributed by atoms with van der Waals surface area (Å²) in [7, 11) is -3.93. The summed E-state index contributed by atoms with van der Waals surface area (Å²) < 4.78 is 34.5. The molecule has 0 spiro atoms. The fourth-order valence-corrected chi connectivity index (χ4v) is 3.66. The summed E-state index contributed by atoms with van der Waals surface area (Å²) in [6.45, 7) is 3.97. The molecule has 2 N–H and O–H groups in total. The van der Waals surface area contributed by atoms with E-state index in [1.54, 1.807) is 38.1 Å². The van der Waals surface area contributed by atoms with Crippen LogP contribution in [0, 0.1) is 0 Å². The molecule has 0 aliphatic carbocycles. The van der Waals surface area contributed by atoms with Gasteiger partial charge in [0.2, 0.25) is 5.88 Å². The average molecular weight is 382 g/mol. The van der Waals surface area contributed by atoms with E-state index in [2.05, 4.69) is 14.4 Å². The molecule has 25 heavy (non-hydrogen) atoms. The van der Waals surface area contributed by atoms with Gasteiger partial charge < -0.3 is 10.5 Å². The van der Waals surface area contributed by atoms with E-state index in [1.807, 2.05) is 0 Å². The molecule has 0 atom stereocenters. The second-order valence-electron chi connectivity index (χ2n) is 5.11. The molecule has 1 aromatic heterocycles. The molecule has 1 aromatic carbocycles. The number of hydrogen-bond acceptors (Lipinski definition) is 6. The molecular formula is C15H16ClN5O3S. The minimum absolute atomic E-state index is 0.108. The molecular weight excluding hydrogens is 366 g/mol. The second kappa shape index (κ2) is 6.49. The number of hydrogen-bond donors (Lipinski definition) is 1. The Labute approximate surface area is 150 Å². The van der Waals surface area contributed by atoms with Gasteiger partial charge in [-0.25, -0.2) is 9.29 Å². The fraction of sp³-hybridized carbons (Fsp3) is 0.267. The van der Waals surface area contributed by atoms with E-state index in [0.29, 0.717) is 22.9 Å². The second-order valence-corrected chi connectivity index (χ2v) is 7.06. The maximum atomic E-state index is 12.2. The van der Waals surface area contributed by atoms with E-state index in [1.165, 1.54) is 0 Å². The first-order chi connectivity index (χ1) is 11.9. The number of benzene rings is 1. The minimum Gasteiger partial charge on any atom is -0.476 e. The van der Waals surface area contributed by atoms with Crippen molar-refractivity contribution >= 4 is 33.5 Å². The van der Waals surface area contributed by atoms with Crippen molar-refractivity contribution in [2.24, 2.45) is 10.1 Å². The van der Waals surface area contributed by atoms with Crippen molar-refractivity contribution in [3.05, 3.63) is 35.0 Å². The van der Waals surface area contributed by atoms with Crippen LogP contribution in [0.1, 0.15) is 19.5 Å². The van der Waals surface area contributed by atoms with E-state index in [9.17, 15) is 8.42 Å². The van der Waals surface area contributed by atoms with Crippen LogP contribution >= 0.6 is 11.6 Å². The average Bonchev–Trinajstić information content (AvgIpc) is 2.55. The number of fused-ring (bicyclic) bond motifs is 1. The first-order valence-corrected chi connectivity index (χ1v) is 9.34. The van der Waals surface area contributed by atoms with E-state index in [0.717, 1.165) is 4.31 Å². The third-order valence-corrected chi connectivity index (χ3v) is 5.17. The molecule has 8 nitrogen and oxygen atoms in total. The van der Waals surface area contributed by atoms with Gasteiger partial charge in [0, 0.05) is 17.1 Å². The Bertz CT molecular complexity index is 944. The van der Waals surface area contributed by atoms with E-state index < -0.39 is 10.2 Å². The topological polar surface area (TPSA) is 111 Å². The lowest BCUT2D eigenvalue weighted by Gasteiger charge is -2.25. The van der Waals surface area contributed by atoms with Gasteiger partial charge in [-0.05, 0) is 26.0 Å². The molecule has 2 heterocycles. The number of halogens is 1. The Morgan fingerprint density at radius 2 is 1.84 bits per heavy atom. The van der Waals surface area contributed by atoms with Gasteiger partial charge in [-0.1, -0.05) is 23.7 Å². The highest BCUT2D eigenvalue weighted by molar-refractivity contribution is 7.91. The summed E-state index contributed by atoms with van der Waals surface area (Å²) in [5, 5.41) is 0.581. The van der Waals surface area contributed by atoms with Crippen LogP contribution in [0.3, 0.4) is 0 Å². The van der Waals surface area contributed by atoms with Crippen molar-refractivity contribution in [2.75, 3.05) is 17.5 Å². The molecule has 3 rings (SSSR count). The van der Waals surface area contributed by atoms with Gasteiger partial charge in [-0.2, -0.15) is 13.4 Å². The van der Waals surface area contributed by atoms with E-state index in [-0.39, 0.29) is 29.8 Å². The van der Waals surface area contributed by atoms with Crippen LogP contribution in [0.5, 0.6) is 5.88 Å². The summed E-state index contributed by atoms with van der Waals surface area (Å²) in [4.78, 5) is 8.85. The van der Waals surface area contributed by atoms with Crippen molar-refractivity contribution in [1.82, 2.24) is 9.97 Å². The maximum Gasteiger partial charge on any atom is 0.347 e. The lowest BCUT2D eigenvalue weighted by Crippen LogP contribution is -2.38. The van der Waals surface area contributed by atoms with Crippen LogP contribution in [0.2, 0.25) is 5.02 Å². The highest BCUT2D eigenvalue weighted by Gasteiger charge is 2.33. The van der Waals surface area contributed by atoms with E-state index in [4.69, 9.17) is 22.1 Å². The summed E-state index contributed by atoms with van der Waals surface area (Å²) in [5.41, 5.74) is 7.16. The Kier molecular flexibility index (Phi) is 4.53. The zero-order chi connectivity index (χ0) is 18.2. The van der Waals surface area contributed by atoms with Gasteiger partial charge in [-0.15, -0.1) is 4.40 Å². The first-order valence-electron chi connectivity index (χ1n) is 7.56. The zero-order valence-corrected chi connectivity index (χ0v) is 15.2. The molecule has 0 unspecified atom stereocenters. The van der Waals surface area contributed by atoms with Crippen molar-refractivity contribution in [1.29, 1.82) is 0 Å². The SMILES string of the molecule is CCOc1nc2c(nc1-c1ccc(Cl)cc1)C(N)=NS(=O)(=O)N2CC. The molecule has 0 amide bonds. The van der Waals surface area contributed by atoms with Crippen LogP contribution in [0.25, 0.3) is 11.3 Å². The Balaban J connectivity index is 2.26. The Morgan fingerprint density at radius 3 is 2.44 bits per heavy atom. The monoisotopic (exact) mass is 381 g/mol. The van der Waals surface area contributed by atoms with E-state index >= 15 is 0 Å². The van der Waals surface area contributed by atoms with Crippen molar-refractivity contribution in [3.8, 4) is 17.1 Å². The van der Waals surface area contributed by atoms with Gasteiger partial charge in [-0.3, -0.25) is 0 Å². The smallest absolute Gasteiger partial charge is 0.347 e. The third kappa shape index (κ3) is 3.12. The summed E-state index contributed by atoms with van der Waals surface area (Å²) in [5.74, 6) is 0.119. The molecule has 2 aromatic rings. The number of nitrogens with two attached hydrogens (primary N) is 1. The molecule has 0 saturated carbocycles. The predicted octanol–water partition coefficient (Wildman–Crippen LogP) is 1.99. The van der Waals surface area contributed by atoms with Crippen LogP contribution in [0.4, 0.5) is 5.82 Å². The molecule has 1 aliphatic rings. The summed E-state index contributed by atoms with van der Waals surface area (Å²) >= 11 is 5.93. The van der Waals surface area contributed by atoms with Crippen LogP contribution in [-0.4, -0.2) is 37.4 Å². The highest BCUT2D eigenvalue weighted by Crippen LogP contribution is 2.34. The standard InChI is InChI=1S/C15H16ClN5O3S/c1-3-21-14-12(13(17)20-25(21,22)23)18-11(15(19-14)24-4-2)9-5-7-10(16)8-6-9/h5-8H,3-4H2,1-2H3,(H2,17,20). The number of anilines is 1. The molecule has 1 aliphatic heterocycles. The number of rotatable bonds is 4. The number of nitrogens with zero attached hydrogens (tertiary/aromatic N) is 4. The van der Waals surface area contributed by atoms with Crippen LogP contribution in [-0.2, 0) is 10.2 Å². The largest absolute Gasteiger partial charge is 0.476 e. The van der Waals surface area contributed by atoms with Gasteiger partial charge in [0.15, 0.2) is 17.3 Å². The Hall–Kier alpha value is -2.39. The van der Waals surface area contributed by atoms with Gasteiger partial charge >= 0.3 is 10.2 Å². The maximum absolute atomic E-state index is 12.2. The Morgan fingerprint density at radius 1 is 1.16 bits per heavy atom. The molecule has 0 fully saturated rings. The summed E-state index contributed by atoms with van der Waals surface area (Å²) in [6, 6.07) is 6.97. The van der Waals surface area contributed by atoms with Crippen molar-refractivity contribution in [3.63, 3.8) is 0 Å². The highest BCUT2D eigenvalue weighted by atomic mass is 35.5. The van der Waals surface area contributed by atoms with Crippen molar-refractivity contribution in [2.45, 2.75) is 13.8 Å². The van der Waals surface area contributed by atoms with Gasteiger partial charge in [0.05, 0.1) is 6.61 Å². The lowest BCUT2D eigenvalue weighted by atomic mass is 10.1. The quantitative estimate of drug-likeness (QED) is 0.866. The third-order valence-electron chi connectivity index (χ3n) is 3.50. The normalized spacial score (nSPS) is 15.5. The molecule has 0 saturated heterocycles. The van der Waals surface area contributed by atoms with Gasteiger partial charge in [0.1, 0.15) is 5.69 Å². The fourth-order valence-electron chi connectivity index (χ4n) is 2.43. The molecule has 132 valence electrons. The molecule has 10 heteroatoms. The molecule has 0 bridgehead atoms. The lowest BCUT2D eigenvalue weighted by molar-refractivity contribution is 0.327. The minimum atomic E-state index is -3.93. The summed E-state index contributed by atoms with van der Waals surface area (Å²) in [6.07, 6.45) is 0. The van der Waals surface area contributed by atoms with Gasteiger partial charge in [0.25, 0.3) is 0 Å². The predicted molar refractivity (Wildman–Crippen MR) is 96.3 cm³/mol. The number of amidine groups is 1. The molecule has 0 radical (unpaired) electrons. The first kappa shape index (κ1) is 17.4. The number of ether oxygens (including phenoxy) is 1.